The topological polar surface area (TPSA) is 86.8 Å². The number of carbonyl (C=O) groups excluding carboxylic acids is 2. The second-order valence-electron chi connectivity index (χ2n) is 9.74. The van der Waals surface area contributed by atoms with E-state index in [1.165, 1.54) is 29.2 Å². The van der Waals surface area contributed by atoms with E-state index in [2.05, 4.69) is 5.32 Å². The number of nitrogens with zero attached hydrogens (tertiary/aromatic N) is 2. The van der Waals surface area contributed by atoms with Gasteiger partial charge in [-0.2, -0.15) is 0 Å². The van der Waals surface area contributed by atoms with E-state index in [0.29, 0.717) is 0 Å². The van der Waals surface area contributed by atoms with Crippen molar-refractivity contribution in [1.29, 1.82) is 0 Å². The summed E-state index contributed by atoms with van der Waals surface area (Å²) in [5, 5.41) is 2.91. The Kier molecular flexibility index (Phi) is 9.86. The van der Waals surface area contributed by atoms with Crippen LogP contribution in [0.2, 0.25) is 0 Å². The lowest BCUT2D eigenvalue weighted by Gasteiger charge is -2.32. The van der Waals surface area contributed by atoms with E-state index in [1.54, 1.807) is 19.1 Å². The highest BCUT2D eigenvalue weighted by atomic mass is 32.2. The number of hydrogen-bond donors (Lipinski definition) is 1. The van der Waals surface area contributed by atoms with Crippen LogP contribution < -0.4 is 9.62 Å². The van der Waals surface area contributed by atoms with Crippen LogP contribution in [0.1, 0.15) is 43.9 Å². The van der Waals surface area contributed by atoms with Crippen molar-refractivity contribution < 1.29 is 22.4 Å². The summed E-state index contributed by atoms with van der Waals surface area (Å²) in [5.74, 6) is -1.43. The SMILES string of the molecule is CCC(C)NC(=O)C(C)N(Cc1ccccc1C)C(=O)CN(c1ccc(F)cc1)S(=O)(=O)c1ccc(C)cc1. The Labute approximate surface area is 230 Å². The zero-order chi connectivity index (χ0) is 28.7. The van der Waals surface area contributed by atoms with Gasteiger partial charge >= 0.3 is 0 Å². The Hall–Kier alpha value is -3.72. The van der Waals surface area contributed by atoms with Crippen molar-refractivity contribution in [3.05, 3.63) is 95.3 Å². The standard InChI is InChI=1S/C30H36FN3O4S/c1-6-23(4)32-30(36)24(5)33(19-25-10-8-7-9-22(25)3)29(35)20-34(27-15-13-26(31)14-16-27)39(37,38)28-17-11-21(2)12-18-28/h7-18,23-24H,6,19-20H2,1-5H3,(H,32,36). The summed E-state index contributed by atoms with van der Waals surface area (Å²) < 4.78 is 42.2. The predicted molar refractivity (Wildman–Crippen MR) is 151 cm³/mol. The number of rotatable bonds is 11. The van der Waals surface area contributed by atoms with Crippen LogP contribution in [0.5, 0.6) is 0 Å². The summed E-state index contributed by atoms with van der Waals surface area (Å²) in [6.45, 7) is 8.74. The van der Waals surface area contributed by atoms with Gasteiger partial charge in [0.2, 0.25) is 11.8 Å². The maximum atomic E-state index is 13.9. The number of carbonyl (C=O) groups is 2. The van der Waals surface area contributed by atoms with Gasteiger partial charge in [0.15, 0.2) is 0 Å². The van der Waals surface area contributed by atoms with E-state index in [1.807, 2.05) is 52.0 Å². The first-order chi connectivity index (χ1) is 18.4. The molecule has 0 saturated carbocycles. The minimum absolute atomic E-state index is 0.00163. The van der Waals surface area contributed by atoms with E-state index >= 15 is 0 Å². The van der Waals surface area contributed by atoms with Crippen molar-refractivity contribution in [2.75, 3.05) is 10.8 Å². The zero-order valence-corrected chi connectivity index (χ0v) is 23.8. The molecule has 208 valence electrons. The van der Waals surface area contributed by atoms with Crippen LogP contribution >= 0.6 is 0 Å². The number of aryl methyl sites for hydroxylation is 2. The van der Waals surface area contributed by atoms with Gasteiger partial charge in [-0.25, -0.2) is 12.8 Å². The molecular weight excluding hydrogens is 517 g/mol. The van der Waals surface area contributed by atoms with Crippen molar-refractivity contribution in [3.63, 3.8) is 0 Å². The van der Waals surface area contributed by atoms with E-state index in [0.717, 1.165) is 39.5 Å². The van der Waals surface area contributed by atoms with Gasteiger partial charge in [-0.3, -0.25) is 13.9 Å². The third-order valence-electron chi connectivity index (χ3n) is 6.77. The molecule has 0 spiro atoms. The first kappa shape index (κ1) is 29.8. The van der Waals surface area contributed by atoms with Gasteiger partial charge in [0.1, 0.15) is 18.4 Å². The van der Waals surface area contributed by atoms with Gasteiger partial charge in [0.25, 0.3) is 10.0 Å². The largest absolute Gasteiger partial charge is 0.352 e. The normalized spacial score (nSPS) is 12.9. The molecule has 0 aliphatic carbocycles. The fourth-order valence-corrected chi connectivity index (χ4v) is 5.41. The van der Waals surface area contributed by atoms with Crippen LogP contribution in [0.3, 0.4) is 0 Å². The number of anilines is 1. The van der Waals surface area contributed by atoms with Crippen molar-refractivity contribution >= 4 is 27.5 Å². The number of benzene rings is 3. The molecule has 0 aliphatic rings. The molecule has 3 aromatic rings. The monoisotopic (exact) mass is 553 g/mol. The Balaban J connectivity index is 2.03. The van der Waals surface area contributed by atoms with Crippen molar-refractivity contribution in [2.24, 2.45) is 0 Å². The van der Waals surface area contributed by atoms with Crippen LogP contribution in [0.25, 0.3) is 0 Å². The third kappa shape index (κ3) is 7.44. The second kappa shape index (κ2) is 12.9. The molecule has 1 N–H and O–H groups in total. The number of halogens is 1. The van der Waals surface area contributed by atoms with Crippen LogP contribution in [0, 0.1) is 19.7 Å². The summed E-state index contributed by atoms with van der Waals surface area (Å²) in [4.78, 5) is 28.4. The quantitative estimate of drug-likeness (QED) is 0.363. The average molecular weight is 554 g/mol. The molecule has 2 unspecified atom stereocenters. The molecule has 0 radical (unpaired) electrons. The zero-order valence-electron chi connectivity index (χ0n) is 23.0. The van der Waals surface area contributed by atoms with Crippen molar-refractivity contribution in [2.45, 2.75) is 64.6 Å². The molecule has 0 bridgehead atoms. The van der Waals surface area contributed by atoms with Gasteiger partial charge in [-0.15, -0.1) is 0 Å². The predicted octanol–water partition coefficient (Wildman–Crippen LogP) is 4.97. The lowest BCUT2D eigenvalue weighted by molar-refractivity contribution is -0.139. The molecule has 0 aliphatic heterocycles. The molecule has 9 heteroatoms. The smallest absolute Gasteiger partial charge is 0.264 e. The summed E-state index contributed by atoms with van der Waals surface area (Å²) in [6.07, 6.45) is 0.720. The molecule has 7 nitrogen and oxygen atoms in total. The maximum Gasteiger partial charge on any atom is 0.264 e. The van der Waals surface area contributed by atoms with Crippen molar-refractivity contribution in [1.82, 2.24) is 10.2 Å². The number of nitrogens with one attached hydrogen (secondary N) is 1. The van der Waals surface area contributed by atoms with E-state index in [9.17, 15) is 22.4 Å². The lowest BCUT2D eigenvalue weighted by atomic mass is 10.1. The van der Waals surface area contributed by atoms with Crippen LogP contribution in [-0.4, -0.2) is 43.8 Å². The van der Waals surface area contributed by atoms with E-state index in [4.69, 9.17) is 0 Å². The van der Waals surface area contributed by atoms with Crippen molar-refractivity contribution in [3.8, 4) is 0 Å². The molecule has 0 aromatic heterocycles. The third-order valence-corrected chi connectivity index (χ3v) is 8.56. The fourth-order valence-electron chi connectivity index (χ4n) is 3.99. The Morgan fingerprint density at radius 3 is 2.13 bits per heavy atom. The molecular formula is C30H36FN3O4S. The first-order valence-corrected chi connectivity index (χ1v) is 14.4. The molecule has 0 fully saturated rings. The van der Waals surface area contributed by atoms with Crippen LogP contribution in [0.4, 0.5) is 10.1 Å². The Morgan fingerprint density at radius 1 is 0.923 bits per heavy atom. The van der Waals surface area contributed by atoms with Gasteiger partial charge in [-0.05, 0) is 81.6 Å². The molecule has 39 heavy (non-hydrogen) atoms. The second-order valence-corrected chi connectivity index (χ2v) is 11.6. The first-order valence-electron chi connectivity index (χ1n) is 12.9. The van der Waals surface area contributed by atoms with Gasteiger partial charge in [-0.1, -0.05) is 48.9 Å². The fraction of sp³-hybridized carbons (Fsp3) is 0.333. The Morgan fingerprint density at radius 2 is 1.54 bits per heavy atom. The number of sulfonamides is 1. The molecule has 2 amide bonds. The molecule has 3 aromatic carbocycles. The van der Waals surface area contributed by atoms with Crippen LogP contribution in [-0.2, 0) is 26.2 Å². The maximum absolute atomic E-state index is 13.9. The van der Waals surface area contributed by atoms with Gasteiger partial charge in [0, 0.05) is 12.6 Å². The average Bonchev–Trinajstić information content (AvgIpc) is 2.91. The number of amides is 2. The summed E-state index contributed by atoms with van der Waals surface area (Å²) >= 11 is 0. The summed E-state index contributed by atoms with van der Waals surface area (Å²) in [7, 11) is -4.20. The minimum Gasteiger partial charge on any atom is -0.352 e. The lowest BCUT2D eigenvalue weighted by Crippen LogP contribution is -2.52. The summed E-state index contributed by atoms with van der Waals surface area (Å²) in [6, 6.07) is 17.8. The summed E-state index contributed by atoms with van der Waals surface area (Å²) in [5.41, 5.74) is 2.79. The highest BCUT2D eigenvalue weighted by Crippen LogP contribution is 2.25. The van der Waals surface area contributed by atoms with Gasteiger partial charge in [0.05, 0.1) is 10.6 Å². The van der Waals surface area contributed by atoms with Crippen LogP contribution in [0.15, 0.2) is 77.7 Å². The number of hydrogen-bond acceptors (Lipinski definition) is 4. The molecule has 0 heterocycles. The Bertz CT molecular complexity index is 1390. The van der Waals surface area contributed by atoms with Gasteiger partial charge < -0.3 is 10.2 Å². The molecule has 0 saturated heterocycles. The highest BCUT2D eigenvalue weighted by Gasteiger charge is 2.33. The minimum atomic E-state index is -4.20. The van der Waals surface area contributed by atoms with E-state index < -0.39 is 34.3 Å². The highest BCUT2D eigenvalue weighted by molar-refractivity contribution is 7.92. The molecule has 3 rings (SSSR count). The van der Waals surface area contributed by atoms with E-state index in [-0.39, 0.29) is 29.1 Å². The molecule has 2 atom stereocenters.